The number of carbonyl (C=O) groups is 1. The number of pyridine rings is 2. The summed E-state index contributed by atoms with van der Waals surface area (Å²) in [5.41, 5.74) is 6.37. The van der Waals surface area contributed by atoms with Crippen LogP contribution in [0.4, 0.5) is 10.7 Å². The fraction of sp³-hybridized carbons (Fsp3) is 0.600. The van der Waals surface area contributed by atoms with Crippen LogP contribution in [-0.2, 0) is 20.9 Å². The van der Waals surface area contributed by atoms with E-state index in [1.165, 1.54) is 25.7 Å². The number of anilines is 1. The van der Waals surface area contributed by atoms with Crippen LogP contribution in [-0.4, -0.2) is 64.1 Å². The highest BCUT2D eigenvalue weighted by atomic mass is 35.5. The molecular formula is C30H38ClN7O4. The van der Waals surface area contributed by atoms with Gasteiger partial charge in [0.2, 0.25) is 5.95 Å². The molecule has 3 aromatic rings. The summed E-state index contributed by atoms with van der Waals surface area (Å²) in [4.78, 5) is 34.1. The van der Waals surface area contributed by atoms with Crippen LogP contribution in [0, 0.1) is 11.8 Å². The number of ether oxygens (including phenoxy) is 2. The summed E-state index contributed by atoms with van der Waals surface area (Å²) in [6.45, 7) is 3.92. The first-order valence-electron chi connectivity index (χ1n) is 15.0. The second kappa shape index (κ2) is 10.9. The lowest BCUT2D eigenvalue weighted by molar-refractivity contribution is 0.0481. The molecule has 1 unspecified atom stereocenters. The highest BCUT2D eigenvalue weighted by molar-refractivity contribution is 6.30. The quantitative estimate of drug-likeness (QED) is 0.371. The van der Waals surface area contributed by atoms with Crippen molar-refractivity contribution < 1.29 is 19.1 Å². The highest BCUT2D eigenvalue weighted by Gasteiger charge is 2.56. The fourth-order valence-electron chi connectivity index (χ4n) is 7.12. The van der Waals surface area contributed by atoms with Crippen LogP contribution >= 0.6 is 11.6 Å². The molecule has 12 heteroatoms. The highest BCUT2D eigenvalue weighted by Crippen LogP contribution is 2.49. The number of imidazole rings is 1. The van der Waals surface area contributed by atoms with Crippen molar-refractivity contribution >= 4 is 34.7 Å². The molecule has 1 amide bonds. The third-order valence-electron chi connectivity index (χ3n) is 9.72. The molecular weight excluding hydrogens is 558 g/mol. The third kappa shape index (κ3) is 5.00. The Morgan fingerprint density at radius 3 is 2.62 bits per heavy atom. The molecule has 0 bridgehead atoms. The van der Waals surface area contributed by atoms with Crippen molar-refractivity contribution in [1.29, 1.82) is 0 Å². The minimum Gasteiger partial charge on any atom is -0.380 e. The Labute approximate surface area is 250 Å². The van der Waals surface area contributed by atoms with Crippen LogP contribution in [0.5, 0.6) is 0 Å². The monoisotopic (exact) mass is 595 g/mol. The smallest absolute Gasteiger partial charge is 0.380 e. The summed E-state index contributed by atoms with van der Waals surface area (Å²) in [6.07, 6.45) is 10.1. The Morgan fingerprint density at radius 1 is 1.14 bits per heavy atom. The molecule has 4 aliphatic rings. The van der Waals surface area contributed by atoms with Gasteiger partial charge in [0.05, 0.1) is 45.2 Å². The molecule has 3 aromatic heterocycles. The summed E-state index contributed by atoms with van der Waals surface area (Å²) in [6, 6.07) is 3.97. The molecule has 7 rings (SSSR count). The zero-order valence-corrected chi connectivity index (χ0v) is 25.1. The Morgan fingerprint density at radius 2 is 1.95 bits per heavy atom. The zero-order valence-electron chi connectivity index (χ0n) is 24.3. The standard InChI is InChI=1S/C30H38ClN7O4/c1-17-4-6-18(7-5-17)15-38-26-22(34-28(38)37-16-21(40-2)11-24(37)30(41-3)8-9-30)12-23(27-35-29(39)42-36-27)33-25(26)19-10-20(31)14-32-13-19/h10,12-14,17-18,21,24,27,36H,4-9,11,15-16H2,1-3H3,(H,35,39)/t17?,18?,21-,24-,27?/m1/s1. The van der Waals surface area contributed by atoms with Gasteiger partial charge in [-0.05, 0) is 56.1 Å². The van der Waals surface area contributed by atoms with Crippen molar-refractivity contribution in [3.63, 3.8) is 0 Å². The summed E-state index contributed by atoms with van der Waals surface area (Å²) >= 11 is 6.44. The molecule has 5 heterocycles. The number of hydrogen-bond donors (Lipinski definition) is 2. The van der Waals surface area contributed by atoms with Crippen LogP contribution in [0.25, 0.3) is 22.3 Å². The van der Waals surface area contributed by atoms with Crippen molar-refractivity contribution in [2.45, 2.75) is 82.3 Å². The average Bonchev–Trinajstić information content (AvgIpc) is 3.28. The maximum Gasteiger partial charge on any atom is 0.427 e. The molecule has 42 heavy (non-hydrogen) atoms. The first-order valence-corrected chi connectivity index (χ1v) is 15.3. The lowest BCUT2D eigenvalue weighted by atomic mass is 9.83. The predicted molar refractivity (Wildman–Crippen MR) is 158 cm³/mol. The maximum absolute atomic E-state index is 11.9. The summed E-state index contributed by atoms with van der Waals surface area (Å²) < 4.78 is 14.4. The molecule has 4 fully saturated rings. The van der Waals surface area contributed by atoms with E-state index in [9.17, 15) is 4.79 Å². The van der Waals surface area contributed by atoms with Crippen LogP contribution in [0.2, 0.25) is 5.02 Å². The summed E-state index contributed by atoms with van der Waals surface area (Å²) in [5, 5.41) is 3.30. The van der Waals surface area contributed by atoms with Gasteiger partial charge in [0.1, 0.15) is 0 Å². The number of rotatable bonds is 8. The number of nitrogens with zero attached hydrogens (tertiary/aromatic N) is 5. The zero-order chi connectivity index (χ0) is 29.0. The van der Waals surface area contributed by atoms with E-state index in [2.05, 4.69) is 32.2 Å². The number of aromatic nitrogens is 4. The molecule has 0 spiro atoms. The van der Waals surface area contributed by atoms with Gasteiger partial charge in [0.15, 0.2) is 6.17 Å². The van der Waals surface area contributed by atoms with Crippen molar-refractivity contribution in [2.24, 2.45) is 11.8 Å². The number of halogens is 1. The number of amides is 1. The Bertz CT molecular complexity index is 1490. The fourth-order valence-corrected chi connectivity index (χ4v) is 7.30. The summed E-state index contributed by atoms with van der Waals surface area (Å²) in [5.74, 6) is 2.20. The van der Waals surface area contributed by atoms with E-state index in [0.717, 1.165) is 66.5 Å². The number of hydroxylamine groups is 1. The molecule has 0 radical (unpaired) electrons. The minimum absolute atomic E-state index is 0.0896. The first kappa shape index (κ1) is 27.8. The molecule has 2 saturated carbocycles. The van der Waals surface area contributed by atoms with Crippen molar-refractivity contribution in [3.8, 4) is 11.3 Å². The van der Waals surface area contributed by atoms with Gasteiger partial charge >= 0.3 is 6.09 Å². The second-order valence-electron chi connectivity index (χ2n) is 12.4. The Hall–Kier alpha value is -2.99. The third-order valence-corrected chi connectivity index (χ3v) is 9.92. The largest absolute Gasteiger partial charge is 0.427 e. The van der Waals surface area contributed by atoms with Gasteiger partial charge in [-0.1, -0.05) is 31.4 Å². The van der Waals surface area contributed by atoms with Crippen molar-refractivity contribution in [2.75, 3.05) is 25.7 Å². The summed E-state index contributed by atoms with van der Waals surface area (Å²) in [7, 11) is 3.61. The van der Waals surface area contributed by atoms with Gasteiger partial charge in [-0.15, -0.1) is 5.48 Å². The predicted octanol–water partition coefficient (Wildman–Crippen LogP) is 4.99. The maximum atomic E-state index is 11.9. The van der Waals surface area contributed by atoms with Crippen LogP contribution in [0.1, 0.15) is 63.7 Å². The molecule has 2 N–H and O–H groups in total. The van der Waals surface area contributed by atoms with E-state index in [1.54, 1.807) is 19.5 Å². The van der Waals surface area contributed by atoms with E-state index in [1.807, 2.05) is 19.2 Å². The van der Waals surface area contributed by atoms with Crippen LogP contribution < -0.4 is 15.7 Å². The van der Waals surface area contributed by atoms with Gasteiger partial charge in [0.25, 0.3) is 0 Å². The van der Waals surface area contributed by atoms with Gasteiger partial charge in [-0.2, -0.15) is 0 Å². The van der Waals surface area contributed by atoms with Crippen molar-refractivity contribution in [1.82, 2.24) is 30.3 Å². The molecule has 11 nitrogen and oxygen atoms in total. The van der Waals surface area contributed by atoms with E-state index in [0.29, 0.717) is 16.6 Å². The number of fused-ring (bicyclic) bond motifs is 1. The Balaban J connectivity index is 1.42. The van der Waals surface area contributed by atoms with E-state index < -0.39 is 12.3 Å². The van der Waals surface area contributed by atoms with Crippen LogP contribution in [0.15, 0.2) is 24.5 Å². The van der Waals surface area contributed by atoms with Crippen LogP contribution in [0.3, 0.4) is 0 Å². The lowest BCUT2D eigenvalue weighted by Crippen LogP contribution is -2.43. The number of hydrogen-bond acceptors (Lipinski definition) is 9. The normalized spacial score (nSPS) is 28.7. The second-order valence-corrected chi connectivity index (χ2v) is 12.9. The molecule has 0 aromatic carbocycles. The van der Waals surface area contributed by atoms with E-state index >= 15 is 0 Å². The number of carbonyl (C=O) groups excluding carboxylic acids is 1. The van der Waals surface area contributed by atoms with Crippen molar-refractivity contribution in [3.05, 3.63) is 35.2 Å². The van der Waals surface area contributed by atoms with Gasteiger partial charge in [-0.3, -0.25) is 10.3 Å². The topological polar surface area (TPSA) is 116 Å². The minimum atomic E-state index is -0.609. The Kier molecular flexibility index (Phi) is 7.24. The molecule has 3 atom stereocenters. The van der Waals surface area contributed by atoms with Gasteiger partial charge in [-0.25, -0.2) is 14.8 Å². The first-order chi connectivity index (χ1) is 20.4. The molecule has 2 aliphatic heterocycles. The van der Waals surface area contributed by atoms with E-state index in [4.69, 9.17) is 35.9 Å². The van der Waals surface area contributed by atoms with E-state index in [-0.39, 0.29) is 17.7 Å². The SMILES string of the molecule is CO[C@@H]1C[C@H](C2(OC)CC2)N(c2nc3cc(C4NOC(=O)N4)nc(-c4cncc(Cl)c4)c3n2CC2CCC(C)CC2)C1. The number of nitrogens with one attached hydrogen (secondary N) is 2. The molecule has 2 saturated heterocycles. The number of methoxy groups -OCH3 is 2. The lowest BCUT2D eigenvalue weighted by Gasteiger charge is -2.33. The van der Waals surface area contributed by atoms with Gasteiger partial charge in [0, 0.05) is 45.3 Å². The molecule has 224 valence electrons. The molecule has 2 aliphatic carbocycles. The van der Waals surface area contributed by atoms with Gasteiger partial charge < -0.3 is 23.8 Å². The average molecular weight is 596 g/mol.